The van der Waals surface area contributed by atoms with E-state index in [0.717, 1.165) is 49.5 Å². The van der Waals surface area contributed by atoms with Gasteiger partial charge in [-0.1, -0.05) is 13.8 Å². The SMILES string of the molecule is COc1cc(OC)cc(N(CCNC(C)C)c2ccc3ncc(-c4cnn(C5CCOCC5)c4)c(=O)n3c2)c1. The number of methoxy groups -OCH3 is 2. The van der Waals surface area contributed by atoms with Gasteiger partial charge < -0.3 is 24.4 Å². The minimum absolute atomic E-state index is 0.142. The highest BCUT2D eigenvalue weighted by Gasteiger charge is 2.19. The lowest BCUT2D eigenvalue weighted by molar-refractivity contribution is 0.0662. The summed E-state index contributed by atoms with van der Waals surface area (Å²) in [6.07, 6.45) is 9.00. The molecule has 3 aromatic heterocycles. The zero-order valence-electron chi connectivity index (χ0n) is 23.0. The Kier molecular flexibility index (Phi) is 8.13. The van der Waals surface area contributed by atoms with Gasteiger partial charge in [-0.25, -0.2) is 4.98 Å². The van der Waals surface area contributed by atoms with E-state index in [9.17, 15) is 4.79 Å². The van der Waals surface area contributed by atoms with Crippen LogP contribution in [0, 0.1) is 0 Å². The maximum Gasteiger partial charge on any atom is 0.265 e. The zero-order valence-corrected chi connectivity index (χ0v) is 23.0. The molecule has 0 bridgehead atoms. The number of hydrogen-bond acceptors (Lipinski definition) is 8. The van der Waals surface area contributed by atoms with Gasteiger partial charge in [-0.15, -0.1) is 0 Å². The second kappa shape index (κ2) is 11.9. The molecule has 0 spiro atoms. The second-order valence-corrected chi connectivity index (χ2v) is 9.98. The molecule has 10 heteroatoms. The maximum atomic E-state index is 13.7. The van der Waals surface area contributed by atoms with Crippen molar-refractivity contribution >= 4 is 17.0 Å². The van der Waals surface area contributed by atoms with E-state index in [-0.39, 0.29) is 11.6 Å². The number of fused-ring (bicyclic) bond motifs is 1. The first-order valence-corrected chi connectivity index (χ1v) is 13.3. The Balaban J connectivity index is 1.53. The molecule has 1 aliphatic rings. The summed E-state index contributed by atoms with van der Waals surface area (Å²) in [6.45, 7) is 7.10. The Morgan fingerprint density at radius 1 is 1.05 bits per heavy atom. The maximum absolute atomic E-state index is 13.7. The molecule has 10 nitrogen and oxygen atoms in total. The number of hydrogen-bond donors (Lipinski definition) is 1. The van der Waals surface area contributed by atoms with Crippen LogP contribution < -0.4 is 25.2 Å². The van der Waals surface area contributed by atoms with E-state index >= 15 is 0 Å². The summed E-state index contributed by atoms with van der Waals surface area (Å²) in [5, 5.41) is 8.03. The molecular formula is C29H36N6O4. The number of rotatable bonds is 10. The van der Waals surface area contributed by atoms with E-state index in [0.29, 0.717) is 35.3 Å². The smallest absolute Gasteiger partial charge is 0.265 e. The van der Waals surface area contributed by atoms with Crippen molar-refractivity contribution in [3.05, 3.63) is 65.5 Å². The molecule has 1 saturated heterocycles. The molecule has 0 atom stereocenters. The first kappa shape index (κ1) is 26.7. The molecule has 1 aromatic carbocycles. The highest BCUT2D eigenvalue weighted by Crippen LogP contribution is 2.33. The third-order valence-corrected chi connectivity index (χ3v) is 7.01. The largest absolute Gasteiger partial charge is 0.497 e. The van der Waals surface area contributed by atoms with Crippen molar-refractivity contribution in [2.24, 2.45) is 0 Å². The Morgan fingerprint density at radius 3 is 2.49 bits per heavy atom. The van der Waals surface area contributed by atoms with Crippen molar-refractivity contribution in [2.45, 2.75) is 38.8 Å². The highest BCUT2D eigenvalue weighted by molar-refractivity contribution is 5.68. The van der Waals surface area contributed by atoms with E-state index in [1.807, 2.05) is 47.4 Å². The van der Waals surface area contributed by atoms with Crippen LogP contribution >= 0.6 is 0 Å². The Labute approximate surface area is 228 Å². The van der Waals surface area contributed by atoms with Crippen LogP contribution in [0.15, 0.2) is 59.9 Å². The summed E-state index contributed by atoms with van der Waals surface area (Å²) in [7, 11) is 3.27. The lowest BCUT2D eigenvalue weighted by atomic mass is 10.1. The fraction of sp³-hybridized carbons (Fsp3) is 0.414. The van der Waals surface area contributed by atoms with Gasteiger partial charge in [0.25, 0.3) is 5.56 Å². The monoisotopic (exact) mass is 532 g/mol. The summed E-state index contributed by atoms with van der Waals surface area (Å²) in [5.74, 6) is 1.38. The van der Waals surface area contributed by atoms with Gasteiger partial charge in [0.15, 0.2) is 0 Å². The van der Waals surface area contributed by atoms with Crippen LogP contribution in [0.1, 0.15) is 32.7 Å². The lowest BCUT2D eigenvalue weighted by Gasteiger charge is -2.27. The molecular weight excluding hydrogens is 496 g/mol. The van der Waals surface area contributed by atoms with Crippen molar-refractivity contribution in [1.29, 1.82) is 0 Å². The fourth-order valence-electron chi connectivity index (χ4n) is 4.87. The van der Waals surface area contributed by atoms with E-state index in [1.165, 1.54) is 0 Å². The van der Waals surface area contributed by atoms with Gasteiger partial charge in [0, 0.05) is 80.4 Å². The predicted molar refractivity (Wildman–Crippen MR) is 151 cm³/mol. The van der Waals surface area contributed by atoms with Crippen LogP contribution in [-0.2, 0) is 4.74 Å². The second-order valence-electron chi connectivity index (χ2n) is 9.98. The van der Waals surface area contributed by atoms with Gasteiger partial charge in [0.2, 0.25) is 0 Å². The molecule has 1 fully saturated rings. The van der Waals surface area contributed by atoms with Crippen molar-refractivity contribution in [3.8, 4) is 22.6 Å². The molecule has 4 heterocycles. The van der Waals surface area contributed by atoms with Crippen molar-refractivity contribution in [3.63, 3.8) is 0 Å². The predicted octanol–water partition coefficient (Wildman–Crippen LogP) is 4.06. The van der Waals surface area contributed by atoms with Gasteiger partial charge >= 0.3 is 0 Å². The van der Waals surface area contributed by atoms with E-state index in [1.54, 1.807) is 31.0 Å². The molecule has 0 radical (unpaired) electrons. The summed E-state index contributed by atoms with van der Waals surface area (Å²) in [6, 6.07) is 10.2. The molecule has 39 heavy (non-hydrogen) atoms. The van der Waals surface area contributed by atoms with Crippen LogP contribution in [0.4, 0.5) is 11.4 Å². The summed E-state index contributed by atoms with van der Waals surface area (Å²) < 4.78 is 20.1. The first-order chi connectivity index (χ1) is 19.0. The quantitative estimate of drug-likeness (QED) is 0.327. The molecule has 1 N–H and O–H groups in total. The van der Waals surface area contributed by atoms with Gasteiger partial charge in [0.05, 0.1) is 37.7 Å². The van der Waals surface area contributed by atoms with Crippen molar-refractivity contribution in [1.82, 2.24) is 24.5 Å². The summed E-state index contributed by atoms with van der Waals surface area (Å²) >= 11 is 0. The standard InChI is InChI=1S/C29H36N6O4/c1-20(2)30-9-10-33(24-13-25(37-3)15-26(14-24)38-4)23-5-6-28-31-17-27(29(36)34(28)19-23)21-16-32-35(18-21)22-7-11-39-12-8-22/h5-6,13-20,22,30H,7-12H2,1-4H3. The van der Waals surface area contributed by atoms with Crippen LogP contribution in [0.5, 0.6) is 11.5 Å². The number of nitrogens with zero attached hydrogens (tertiary/aromatic N) is 5. The van der Waals surface area contributed by atoms with Crippen LogP contribution in [0.2, 0.25) is 0 Å². The average Bonchev–Trinajstić information content (AvgIpc) is 3.45. The van der Waals surface area contributed by atoms with Gasteiger partial charge in [-0.2, -0.15) is 5.10 Å². The molecule has 0 unspecified atom stereocenters. The summed E-state index contributed by atoms with van der Waals surface area (Å²) in [5.41, 5.74) is 3.45. The normalized spacial score (nSPS) is 14.2. The number of ether oxygens (including phenoxy) is 3. The van der Waals surface area contributed by atoms with Crippen LogP contribution in [0.25, 0.3) is 16.8 Å². The van der Waals surface area contributed by atoms with Crippen LogP contribution in [0.3, 0.4) is 0 Å². The third kappa shape index (κ3) is 5.91. The zero-order chi connectivity index (χ0) is 27.4. The molecule has 4 aromatic rings. The molecule has 206 valence electrons. The Hall–Kier alpha value is -3.89. The Bertz CT molecular complexity index is 1450. The molecule has 1 aliphatic heterocycles. The van der Waals surface area contributed by atoms with Gasteiger partial charge in [0.1, 0.15) is 17.1 Å². The van der Waals surface area contributed by atoms with Gasteiger partial charge in [-0.05, 0) is 25.0 Å². The minimum atomic E-state index is -0.142. The number of benzene rings is 1. The van der Waals surface area contributed by atoms with E-state index < -0.39 is 0 Å². The lowest BCUT2D eigenvalue weighted by Crippen LogP contribution is -2.33. The number of anilines is 2. The molecule has 5 rings (SSSR count). The van der Waals surface area contributed by atoms with Crippen molar-refractivity contribution in [2.75, 3.05) is 45.4 Å². The Morgan fingerprint density at radius 2 is 1.79 bits per heavy atom. The molecule has 0 amide bonds. The minimum Gasteiger partial charge on any atom is -0.497 e. The average molecular weight is 533 g/mol. The fourth-order valence-corrected chi connectivity index (χ4v) is 4.87. The molecule has 0 saturated carbocycles. The number of aromatic nitrogens is 4. The number of nitrogens with one attached hydrogen (secondary N) is 1. The highest BCUT2D eigenvalue weighted by atomic mass is 16.5. The van der Waals surface area contributed by atoms with Gasteiger partial charge in [-0.3, -0.25) is 13.9 Å². The number of pyridine rings is 1. The summed E-state index contributed by atoms with van der Waals surface area (Å²) in [4.78, 5) is 20.5. The third-order valence-electron chi connectivity index (χ3n) is 7.01. The molecule has 0 aliphatic carbocycles. The van der Waals surface area contributed by atoms with E-state index in [2.05, 4.69) is 34.1 Å². The van der Waals surface area contributed by atoms with Crippen LogP contribution in [-0.4, -0.2) is 65.7 Å². The first-order valence-electron chi connectivity index (χ1n) is 13.3. The van der Waals surface area contributed by atoms with E-state index in [4.69, 9.17) is 14.2 Å². The topological polar surface area (TPSA) is 95.2 Å². The van der Waals surface area contributed by atoms with Crippen molar-refractivity contribution < 1.29 is 14.2 Å².